The molecule has 3 amide bonds. The molecule has 0 radical (unpaired) electrons. The summed E-state index contributed by atoms with van der Waals surface area (Å²) >= 11 is 0. The number of hydrogen-bond acceptors (Lipinski definition) is 8. The van der Waals surface area contributed by atoms with Gasteiger partial charge >= 0.3 is 18.2 Å². The molecule has 0 aromatic carbocycles. The molecule has 5 fully saturated rings. The van der Waals surface area contributed by atoms with Crippen molar-refractivity contribution in [2.75, 3.05) is 6.54 Å². The average Bonchev–Trinajstić information content (AvgIpc) is 3.38. The van der Waals surface area contributed by atoms with Gasteiger partial charge in [0.1, 0.15) is 23.2 Å². The number of nitrogens with zero attached hydrogens (tertiary/aromatic N) is 2. The van der Waals surface area contributed by atoms with E-state index in [4.69, 9.17) is 4.74 Å². The molecule has 4 unspecified atom stereocenters. The molecule has 296 valence electrons. The van der Waals surface area contributed by atoms with Gasteiger partial charge in [-0.15, -0.1) is 0 Å². The lowest BCUT2D eigenvalue weighted by Crippen LogP contribution is -2.56. The SMILES string of the molecule is CC(C)(C)OC(=O)N[C@H]1CCCCC/C=C\[C@@H]2C[C@@]2(C(=O)O)NC(=O)[C@@H]2C[C@H](N3NC4CC(C(F)(F)F)CC(/C=C/C5CCCCC5)C4N3)CN2C1=O. The lowest BCUT2D eigenvalue weighted by Gasteiger charge is -2.37. The summed E-state index contributed by atoms with van der Waals surface area (Å²) in [5, 5.41) is 17.4. The van der Waals surface area contributed by atoms with E-state index in [1.165, 1.54) is 11.3 Å². The van der Waals surface area contributed by atoms with Gasteiger partial charge in [0.2, 0.25) is 11.8 Å². The third-order valence-electron chi connectivity index (χ3n) is 12.0. The zero-order chi connectivity index (χ0) is 38.1. The summed E-state index contributed by atoms with van der Waals surface area (Å²) in [5.74, 6) is -4.15. The van der Waals surface area contributed by atoms with E-state index in [0.29, 0.717) is 25.2 Å². The fraction of sp³-hybridized carbons (Fsp3) is 0.789. The second-order valence-corrected chi connectivity index (χ2v) is 17.2. The normalized spacial score (nSPS) is 37.1. The van der Waals surface area contributed by atoms with Gasteiger partial charge < -0.3 is 25.4 Å². The van der Waals surface area contributed by atoms with Gasteiger partial charge in [0.05, 0.1) is 12.0 Å². The Balaban J connectivity index is 1.25. The highest BCUT2D eigenvalue weighted by atomic mass is 19.4. The molecule has 12 nitrogen and oxygen atoms in total. The maximum Gasteiger partial charge on any atom is 0.408 e. The Morgan fingerprint density at radius 2 is 1.70 bits per heavy atom. The first-order valence-electron chi connectivity index (χ1n) is 19.6. The molecule has 3 heterocycles. The minimum absolute atomic E-state index is 0.0253. The maximum absolute atomic E-state index is 14.4. The predicted octanol–water partition coefficient (Wildman–Crippen LogP) is 5.12. The van der Waals surface area contributed by atoms with Gasteiger partial charge in [-0.2, -0.15) is 18.3 Å². The van der Waals surface area contributed by atoms with E-state index < -0.39 is 71.3 Å². The number of allylic oxidation sites excluding steroid dienone is 2. The molecule has 6 rings (SSSR count). The highest BCUT2D eigenvalue weighted by Crippen LogP contribution is 2.46. The van der Waals surface area contributed by atoms with Gasteiger partial charge in [-0.25, -0.2) is 20.4 Å². The molecule has 3 aliphatic carbocycles. The van der Waals surface area contributed by atoms with Crippen LogP contribution in [-0.4, -0.2) is 93.1 Å². The Labute approximate surface area is 310 Å². The van der Waals surface area contributed by atoms with E-state index in [1.54, 1.807) is 25.9 Å². The number of fused-ring (bicyclic) bond motifs is 3. The Bertz CT molecular complexity index is 1430. The van der Waals surface area contributed by atoms with Crippen LogP contribution in [-0.2, 0) is 19.1 Å². The third kappa shape index (κ3) is 9.38. The largest absolute Gasteiger partial charge is 0.479 e. The van der Waals surface area contributed by atoms with Gasteiger partial charge in [0.25, 0.3) is 0 Å². The first-order chi connectivity index (χ1) is 25.0. The van der Waals surface area contributed by atoms with Crippen molar-refractivity contribution in [2.45, 2.75) is 158 Å². The molecular weight excluding hydrogens is 693 g/mol. The smallest absolute Gasteiger partial charge is 0.408 e. The van der Waals surface area contributed by atoms with Crippen LogP contribution in [0.2, 0.25) is 0 Å². The third-order valence-corrected chi connectivity index (χ3v) is 12.0. The van der Waals surface area contributed by atoms with Crippen molar-refractivity contribution in [3.8, 4) is 0 Å². The van der Waals surface area contributed by atoms with E-state index in [9.17, 15) is 37.5 Å². The molecule has 6 aliphatic rings. The maximum atomic E-state index is 14.4. The van der Waals surface area contributed by atoms with Gasteiger partial charge in [-0.05, 0) is 90.4 Å². The number of carboxylic acids is 1. The van der Waals surface area contributed by atoms with E-state index in [-0.39, 0.29) is 50.1 Å². The van der Waals surface area contributed by atoms with Gasteiger partial charge in [-0.1, -0.05) is 56.4 Å². The molecule has 0 aromatic rings. The molecular formula is C38H57F3N6O6. The van der Waals surface area contributed by atoms with E-state index >= 15 is 0 Å². The molecule has 0 spiro atoms. The Morgan fingerprint density at radius 1 is 0.981 bits per heavy atom. The molecule has 53 heavy (non-hydrogen) atoms. The van der Waals surface area contributed by atoms with Crippen LogP contribution >= 0.6 is 0 Å². The molecule has 0 bridgehead atoms. The van der Waals surface area contributed by atoms with E-state index in [0.717, 1.165) is 38.5 Å². The van der Waals surface area contributed by atoms with Crippen molar-refractivity contribution in [1.29, 1.82) is 0 Å². The van der Waals surface area contributed by atoms with Crippen molar-refractivity contribution in [3.05, 3.63) is 24.3 Å². The summed E-state index contributed by atoms with van der Waals surface area (Å²) in [6, 6.07) is -3.49. The highest BCUT2D eigenvalue weighted by molar-refractivity contribution is 5.96. The zero-order valence-electron chi connectivity index (χ0n) is 31.1. The molecule has 0 aromatic heterocycles. The summed E-state index contributed by atoms with van der Waals surface area (Å²) in [5.41, 5.74) is 4.42. The number of amides is 3. The van der Waals surface area contributed by atoms with Crippen LogP contribution in [0.3, 0.4) is 0 Å². The molecule has 3 saturated carbocycles. The van der Waals surface area contributed by atoms with Crippen molar-refractivity contribution in [1.82, 2.24) is 31.5 Å². The Kier molecular flexibility index (Phi) is 11.9. The second-order valence-electron chi connectivity index (χ2n) is 17.2. The Hall–Kier alpha value is -3.17. The van der Waals surface area contributed by atoms with Crippen molar-refractivity contribution < 1.29 is 42.2 Å². The van der Waals surface area contributed by atoms with Crippen LogP contribution in [0, 0.1) is 23.7 Å². The van der Waals surface area contributed by atoms with E-state index in [2.05, 4.69) is 27.6 Å². The number of carboxylic acid groups (broad SMARTS) is 1. The van der Waals surface area contributed by atoms with Crippen LogP contribution in [0.15, 0.2) is 24.3 Å². The lowest BCUT2D eigenvalue weighted by molar-refractivity contribution is -0.186. The van der Waals surface area contributed by atoms with Gasteiger partial charge in [0.15, 0.2) is 0 Å². The molecule has 2 saturated heterocycles. The average molecular weight is 751 g/mol. The highest BCUT2D eigenvalue weighted by Gasteiger charge is 2.62. The number of ether oxygens (including phenoxy) is 1. The number of nitrogens with one attached hydrogen (secondary N) is 4. The monoisotopic (exact) mass is 750 g/mol. The van der Waals surface area contributed by atoms with Crippen LogP contribution < -0.4 is 21.5 Å². The van der Waals surface area contributed by atoms with Crippen LogP contribution in [0.4, 0.5) is 18.0 Å². The first-order valence-corrected chi connectivity index (χ1v) is 19.6. The van der Waals surface area contributed by atoms with E-state index in [1.807, 2.05) is 18.2 Å². The number of carbonyl (C=O) groups is 4. The molecule has 5 N–H and O–H groups in total. The standard InChI is InChI=1S/C38H57F3N6O6/c1-36(2,3)53-35(52)42-28-15-11-6-4-5-10-14-25-21-37(25,34(50)51)43-32(48)30-20-27(22-46(30)33(28)49)47-44-29-19-26(38(39,40)41)18-24(31(29)45-47)17-16-23-12-8-7-9-13-23/h10,14,16-17,23-31,44-45H,4-9,11-13,15,18-22H2,1-3H3,(H,42,52)(H,43,48)(H,50,51)/b14-10-,17-16+/t24?,25-,26?,27+,28+,29?,30+,31?,37-/m1/s1. The number of alkyl halides is 3. The number of hydrogen-bond donors (Lipinski definition) is 5. The molecule has 15 heteroatoms. The number of alkyl carbamates (subject to hydrolysis) is 1. The summed E-state index contributed by atoms with van der Waals surface area (Å²) in [4.78, 5) is 55.4. The number of rotatable bonds is 5. The van der Waals surface area contributed by atoms with Crippen LogP contribution in [0.5, 0.6) is 0 Å². The van der Waals surface area contributed by atoms with Crippen LogP contribution in [0.25, 0.3) is 0 Å². The summed E-state index contributed by atoms with van der Waals surface area (Å²) in [6.45, 7) is 5.17. The molecule has 3 aliphatic heterocycles. The summed E-state index contributed by atoms with van der Waals surface area (Å²) in [7, 11) is 0. The first kappa shape index (κ1) is 39.5. The van der Waals surface area contributed by atoms with Crippen molar-refractivity contribution in [2.24, 2.45) is 23.7 Å². The minimum Gasteiger partial charge on any atom is -0.479 e. The quantitative estimate of drug-likeness (QED) is 0.242. The van der Waals surface area contributed by atoms with Gasteiger partial charge in [0, 0.05) is 24.5 Å². The second kappa shape index (κ2) is 15.9. The number of carbonyl (C=O) groups excluding carboxylic acids is 3. The number of halogens is 3. The summed E-state index contributed by atoms with van der Waals surface area (Å²) in [6.07, 6.45) is 11.6. The fourth-order valence-corrected chi connectivity index (χ4v) is 9.04. The summed E-state index contributed by atoms with van der Waals surface area (Å²) < 4.78 is 48.1. The molecule has 9 atom stereocenters. The number of hydrazine groups is 2. The van der Waals surface area contributed by atoms with Crippen molar-refractivity contribution in [3.63, 3.8) is 0 Å². The zero-order valence-corrected chi connectivity index (χ0v) is 31.1. The lowest BCUT2D eigenvalue weighted by atomic mass is 9.74. The Morgan fingerprint density at radius 3 is 2.40 bits per heavy atom. The van der Waals surface area contributed by atoms with Crippen molar-refractivity contribution >= 4 is 23.9 Å². The number of aliphatic carboxylic acids is 1. The fourth-order valence-electron chi connectivity index (χ4n) is 9.04. The topological polar surface area (TPSA) is 152 Å². The van der Waals surface area contributed by atoms with Gasteiger partial charge in [-0.3, -0.25) is 9.59 Å². The van der Waals surface area contributed by atoms with Crippen LogP contribution in [0.1, 0.15) is 111 Å². The predicted molar refractivity (Wildman–Crippen MR) is 190 cm³/mol. The minimum atomic E-state index is -4.34.